The molecule has 2 fully saturated rings. The highest BCUT2D eigenvalue weighted by molar-refractivity contribution is 8.56. The zero-order valence-corrected chi connectivity index (χ0v) is 22.6. The molecule has 1 saturated carbocycles. The number of aliphatic hydroxyl groups excluding tert-OH is 1. The van der Waals surface area contributed by atoms with Crippen molar-refractivity contribution in [1.82, 2.24) is 14.6 Å². The maximum absolute atomic E-state index is 13.8. The molecule has 1 aromatic heterocycles. The number of carbonyl (C=O) groups excluding carboxylic acids is 1. The molecule has 0 unspecified atom stereocenters. The molecule has 0 amide bonds. The van der Waals surface area contributed by atoms with Gasteiger partial charge in [-0.05, 0) is 40.5 Å². The SMILES string of the molecule is CC(C)OC(=O)[C@@H](C)N[P@](=O)(OC[C@H]1O[C@@H](n2ccc(=O)[nH]c2=O)[C@](C)(Cl)[C@@H]1O)SC1CCCC1. The van der Waals surface area contributed by atoms with Crippen LogP contribution in [0.25, 0.3) is 0 Å². The van der Waals surface area contributed by atoms with Crippen LogP contribution in [0.3, 0.4) is 0 Å². The Kier molecular flexibility index (Phi) is 9.34. The van der Waals surface area contributed by atoms with E-state index in [9.17, 15) is 24.1 Å². The molecule has 2 heterocycles. The lowest BCUT2D eigenvalue weighted by atomic mass is 10.0. The number of nitrogens with zero attached hydrogens (tertiary/aromatic N) is 1. The first-order chi connectivity index (χ1) is 16.3. The molecule has 0 aromatic carbocycles. The highest BCUT2D eigenvalue weighted by atomic mass is 35.5. The van der Waals surface area contributed by atoms with Crippen molar-refractivity contribution in [2.45, 2.75) is 94.1 Å². The van der Waals surface area contributed by atoms with Gasteiger partial charge in [0, 0.05) is 17.5 Å². The van der Waals surface area contributed by atoms with Gasteiger partial charge >= 0.3 is 18.4 Å². The van der Waals surface area contributed by atoms with Crippen LogP contribution in [0.1, 0.15) is 59.6 Å². The Morgan fingerprint density at radius 1 is 1.40 bits per heavy atom. The first-order valence-electron chi connectivity index (χ1n) is 11.6. The van der Waals surface area contributed by atoms with Gasteiger partial charge in [-0.15, -0.1) is 11.6 Å². The largest absolute Gasteiger partial charge is 0.462 e. The van der Waals surface area contributed by atoms with Gasteiger partial charge in [0.2, 0.25) is 0 Å². The molecule has 1 aliphatic carbocycles. The van der Waals surface area contributed by atoms with Gasteiger partial charge in [0.15, 0.2) is 6.23 Å². The van der Waals surface area contributed by atoms with Gasteiger partial charge in [-0.1, -0.05) is 24.2 Å². The van der Waals surface area contributed by atoms with Crippen LogP contribution < -0.4 is 16.3 Å². The van der Waals surface area contributed by atoms with Gasteiger partial charge in [0.05, 0.1) is 12.7 Å². The van der Waals surface area contributed by atoms with Crippen molar-refractivity contribution in [3.05, 3.63) is 33.1 Å². The monoisotopic (exact) mass is 553 g/mol. The van der Waals surface area contributed by atoms with E-state index in [4.69, 9.17) is 25.6 Å². The summed E-state index contributed by atoms with van der Waals surface area (Å²) in [5.74, 6) is -0.557. The van der Waals surface area contributed by atoms with Crippen LogP contribution in [-0.2, 0) is 23.4 Å². The normalized spacial score (nSPS) is 29.9. The van der Waals surface area contributed by atoms with Crippen molar-refractivity contribution in [1.29, 1.82) is 0 Å². The van der Waals surface area contributed by atoms with E-state index in [1.165, 1.54) is 13.1 Å². The van der Waals surface area contributed by atoms with Crippen LogP contribution in [-0.4, -0.2) is 61.7 Å². The smallest absolute Gasteiger partial charge is 0.330 e. The number of rotatable bonds is 10. The Labute approximate surface area is 212 Å². The second-order valence-electron chi connectivity index (χ2n) is 9.28. The zero-order chi connectivity index (χ0) is 26.0. The van der Waals surface area contributed by atoms with Crippen molar-refractivity contribution < 1.29 is 28.5 Å². The first-order valence-corrected chi connectivity index (χ1v) is 15.1. The van der Waals surface area contributed by atoms with Crippen molar-refractivity contribution in [3.63, 3.8) is 0 Å². The van der Waals surface area contributed by atoms with Gasteiger partial charge < -0.3 is 19.1 Å². The third-order valence-electron chi connectivity index (χ3n) is 5.88. The molecular weight excluding hydrogens is 521 g/mol. The topological polar surface area (TPSA) is 149 Å². The van der Waals surface area contributed by atoms with E-state index < -0.39 is 53.3 Å². The second-order valence-corrected chi connectivity index (χ2v) is 14.6. The molecule has 3 rings (SSSR count). The molecule has 6 atom stereocenters. The summed E-state index contributed by atoms with van der Waals surface area (Å²) in [7, 11) is 0. The Hall–Kier alpha value is -1.14. The molecule has 35 heavy (non-hydrogen) atoms. The standard InChI is InChI=1S/C21H33ClN3O8PS/c1-12(2)32-18(28)13(3)24-34(30,35-14-7-5-6-8-14)31-11-15-17(27)21(4,22)19(33-15)25-10-9-16(26)23-20(25)29/h9-10,12-15,17,19,27H,5-8,11H2,1-4H3,(H,24,30)(H,23,26,29)/t13-,15-,17-,19-,21-,34+/m1/s1. The number of carbonyl (C=O) groups is 1. The number of aromatic amines is 1. The molecular formula is C21H33ClN3O8PS. The Bertz CT molecular complexity index is 1060. The molecule has 2 aliphatic rings. The van der Waals surface area contributed by atoms with Crippen LogP contribution in [0.2, 0.25) is 0 Å². The van der Waals surface area contributed by atoms with E-state index in [1.807, 2.05) is 0 Å². The molecule has 11 nitrogen and oxygen atoms in total. The summed E-state index contributed by atoms with van der Waals surface area (Å²) in [6, 6.07) is 0.249. The number of H-pyrrole nitrogens is 1. The second kappa shape index (κ2) is 11.5. The molecule has 0 bridgehead atoms. The molecule has 0 radical (unpaired) electrons. The van der Waals surface area contributed by atoms with Crippen LogP contribution >= 0.6 is 29.7 Å². The summed E-state index contributed by atoms with van der Waals surface area (Å²) < 4.78 is 31.7. The van der Waals surface area contributed by atoms with Gasteiger partial charge in [-0.2, -0.15) is 0 Å². The number of aromatic nitrogens is 2. The molecule has 1 aliphatic heterocycles. The van der Waals surface area contributed by atoms with Crippen molar-refractivity contribution >= 4 is 35.7 Å². The lowest BCUT2D eigenvalue weighted by Crippen LogP contribution is -2.43. The van der Waals surface area contributed by atoms with Gasteiger partial charge in [-0.3, -0.25) is 23.7 Å². The lowest BCUT2D eigenvalue weighted by Gasteiger charge is -2.27. The molecule has 198 valence electrons. The van der Waals surface area contributed by atoms with E-state index in [-0.39, 0.29) is 18.0 Å². The van der Waals surface area contributed by atoms with Crippen molar-refractivity contribution in [2.75, 3.05) is 6.61 Å². The van der Waals surface area contributed by atoms with Crippen LogP contribution in [0.15, 0.2) is 21.9 Å². The van der Waals surface area contributed by atoms with Crippen LogP contribution in [0.4, 0.5) is 0 Å². The van der Waals surface area contributed by atoms with Crippen molar-refractivity contribution in [2.24, 2.45) is 0 Å². The molecule has 1 saturated heterocycles. The number of hydrogen-bond acceptors (Lipinski definition) is 9. The number of hydrogen-bond donors (Lipinski definition) is 3. The fourth-order valence-electron chi connectivity index (χ4n) is 4.05. The quantitative estimate of drug-likeness (QED) is 0.224. The minimum atomic E-state index is -3.63. The number of alkyl halides is 1. The van der Waals surface area contributed by atoms with Gasteiger partial charge in [0.1, 0.15) is 23.1 Å². The summed E-state index contributed by atoms with van der Waals surface area (Å²) in [5.41, 5.74) is -1.33. The third kappa shape index (κ3) is 7.00. The van der Waals surface area contributed by atoms with Crippen molar-refractivity contribution in [3.8, 4) is 0 Å². The zero-order valence-electron chi connectivity index (χ0n) is 20.1. The summed E-state index contributed by atoms with van der Waals surface area (Å²) in [6.07, 6.45) is 1.26. The number of halogens is 1. The summed E-state index contributed by atoms with van der Waals surface area (Å²) in [4.78, 5) is 36.7. The number of nitrogens with one attached hydrogen (secondary N) is 2. The predicted octanol–water partition coefficient (Wildman–Crippen LogP) is 2.52. The first kappa shape index (κ1) is 28.4. The van der Waals surface area contributed by atoms with Gasteiger partial charge in [0.25, 0.3) is 5.56 Å². The number of aliphatic hydroxyl groups is 1. The van der Waals surface area contributed by atoms with E-state index in [2.05, 4.69) is 10.1 Å². The fraction of sp³-hybridized carbons (Fsp3) is 0.762. The minimum Gasteiger partial charge on any atom is -0.462 e. The van der Waals surface area contributed by atoms with Crippen LogP contribution in [0, 0.1) is 0 Å². The summed E-state index contributed by atoms with van der Waals surface area (Å²) >= 11 is 7.71. The average Bonchev–Trinajstić information content (AvgIpc) is 3.33. The predicted molar refractivity (Wildman–Crippen MR) is 133 cm³/mol. The third-order valence-corrected chi connectivity index (χ3v) is 10.9. The van der Waals surface area contributed by atoms with Gasteiger partial charge in [-0.25, -0.2) is 9.88 Å². The highest BCUT2D eigenvalue weighted by Gasteiger charge is 2.54. The molecule has 1 aromatic rings. The van der Waals surface area contributed by atoms with E-state index >= 15 is 0 Å². The Balaban J connectivity index is 1.75. The Morgan fingerprint density at radius 3 is 2.66 bits per heavy atom. The summed E-state index contributed by atoms with van der Waals surface area (Å²) in [6.45, 7) is 2.54. The summed E-state index contributed by atoms with van der Waals surface area (Å²) in [5, 5.41) is 13.7. The number of esters is 1. The molecule has 14 heteroatoms. The highest BCUT2D eigenvalue weighted by Crippen LogP contribution is 2.61. The number of ether oxygens (including phenoxy) is 2. The minimum absolute atomic E-state index is 0.0989. The fourth-order valence-corrected chi connectivity index (χ4v) is 9.23. The van der Waals surface area contributed by atoms with Crippen LogP contribution in [0.5, 0.6) is 0 Å². The maximum Gasteiger partial charge on any atom is 0.330 e. The molecule has 0 spiro atoms. The van der Waals surface area contributed by atoms with E-state index in [1.54, 1.807) is 20.8 Å². The Morgan fingerprint density at radius 2 is 2.06 bits per heavy atom. The molecule has 3 N–H and O–H groups in total. The average molecular weight is 554 g/mol. The lowest BCUT2D eigenvalue weighted by molar-refractivity contribution is -0.149. The maximum atomic E-state index is 13.8. The van der Waals surface area contributed by atoms with E-state index in [0.717, 1.165) is 47.7 Å². The van der Waals surface area contributed by atoms with E-state index in [0.29, 0.717) is 0 Å².